The van der Waals surface area contributed by atoms with Gasteiger partial charge < -0.3 is 0 Å². The zero-order valence-corrected chi connectivity index (χ0v) is 6.81. The van der Waals surface area contributed by atoms with Crippen molar-refractivity contribution in [1.29, 1.82) is 0 Å². The quantitative estimate of drug-likeness (QED) is 0.306. The summed E-state index contributed by atoms with van der Waals surface area (Å²) in [4.78, 5) is 21.4. The van der Waals surface area contributed by atoms with Crippen molar-refractivity contribution in [2.75, 3.05) is 0 Å². The Labute approximate surface area is 74.9 Å². The Bertz CT molecular complexity index is 300. The van der Waals surface area contributed by atoms with Gasteiger partial charge in [-0.1, -0.05) is 35.5 Å². The number of benzene rings is 1. The van der Waals surface area contributed by atoms with Crippen LogP contribution < -0.4 is 11.3 Å². The van der Waals surface area contributed by atoms with Crippen molar-refractivity contribution in [3.8, 4) is 0 Å². The minimum absolute atomic E-state index is 0.528. The molecule has 0 aliphatic heterocycles. The van der Waals surface area contributed by atoms with Crippen LogP contribution in [-0.4, -0.2) is 5.91 Å². The largest absolute Gasteiger partial charge is 0.292 e. The molecule has 1 amide bonds. The summed E-state index contributed by atoms with van der Waals surface area (Å²) in [7, 11) is 0. The molecular weight excluding hydrogens is 170 g/mol. The van der Waals surface area contributed by atoms with Gasteiger partial charge in [0, 0.05) is 0 Å². The van der Waals surface area contributed by atoms with Crippen molar-refractivity contribution >= 4 is 5.91 Å². The van der Waals surface area contributed by atoms with E-state index in [4.69, 9.17) is 5.84 Å². The first kappa shape index (κ1) is 9.34. The van der Waals surface area contributed by atoms with E-state index in [2.05, 4.69) is 5.18 Å². The third kappa shape index (κ3) is 2.09. The number of hydrogen-bond acceptors (Lipinski definition) is 4. The van der Waals surface area contributed by atoms with E-state index in [9.17, 15) is 9.70 Å². The van der Waals surface area contributed by atoms with Crippen molar-refractivity contribution in [1.82, 2.24) is 5.43 Å². The van der Waals surface area contributed by atoms with E-state index in [1.54, 1.807) is 30.3 Å². The second-order valence-corrected chi connectivity index (χ2v) is 2.43. The lowest BCUT2D eigenvalue weighted by Crippen LogP contribution is -2.33. The highest BCUT2D eigenvalue weighted by atomic mass is 16.3. The molecule has 0 spiro atoms. The number of nitrogens with zero attached hydrogens (tertiary/aromatic N) is 1. The minimum atomic E-state index is -1.06. The predicted molar refractivity (Wildman–Crippen MR) is 47.3 cm³/mol. The number of hydrazine groups is 1. The van der Waals surface area contributed by atoms with E-state index >= 15 is 0 Å². The lowest BCUT2D eigenvalue weighted by Gasteiger charge is -2.06. The first-order valence-electron chi connectivity index (χ1n) is 3.67. The molecule has 3 N–H and O–H groups in total. The van der Waals surface area contributed by atoms with Gasteiger partial charge in [0.2, 0.25) is 0 Å². The van der Waals surface area contributed by atoms with Crippen LogP contribution in [0.2, 0.25) is 0 Å². The van der Waals surface area contributed by atoms with Crippen LogP contribution in [0.5, 0.6) is 0 Å². The van der Waals surface area contributed by atoms with Gasteiger partial charge in [0.1, 0.15) is 0 Å². The van der Waals surface area contributed by atoms with E-state index < -0.39 is 11.9 Å². The summed E-state index contributed by atoms with van der Waals surface area (Å²) >= 11 is 0. The molecule has 1 rings (SSSR count). The molecule has 1 unspecified atom stereocenters. The van der Waals surface area contributed by atoms with Gasteiger partial charge in [0.05, 0.1) is 0 Å². The topological polar surface area (TPSA) is 84.5 Å². The van der Waals surface area contributed by atoms with Gasteiger partial charge in [-0.15, -0.1) is 4.91 Å². The van der Waals surface area contributed by atoms with Crippen molar-refractivity contribution in [3.05, 3.63) is 40.8 Å². The summed E-state index contributed by atoms with van der Waals surface area (Å²) in [6.07, 6.45) is 0. The molecule has 68 valence electrons. The van der Waals surface area contributed by atoms with Crippen LogP contribution in [0.15, 0.2) is 35.5 Å². The average Bonchev–Trinajstić information content (AvgIpc) is 2.20. The first-order chi connectivity index (χ1) is 6.29. The highest BCUT2D eigenvalue weighted by Gasteiger charge is 2.19. The van der Waals surface area contributed by atoms with Crippen molar-refractivity contribution in [2.24, 2.45) is 11.0 Å². The van der Waals surface area contributed by atoms with Crippen LogP contribution in [0, 0.1) is 4.91 Å². The molecule has 0 saturated heterocycles. The van der Waals surface area contributed by atoms with E-state index in [0.717, 1.165) is 0 Å². The number of amides is 1. The summed E-state index contributed by atoms with van der Waals surface area (Å²) in [6.45, 7) is 0. The van der Waals surface area contributed by atoms with Gasteiger partial charge in [-0.2, -0.15) is 0 Å². The molecule has 0 bridgehead atoms. The van der Waals surface area contributed by atoms with E-state index in [1.165, 1.54) is 0 Å². The molecule has 0 saturated carbocycles. The number of rotatable bonds is 3. The van der Waals surface area contributed by atoms with Crippen LogP contribution >= 0.6 is 0 Å². The molecule has 1 aromatic carbocycles. The SMILES string of the molecule is NNC(=O)C(N=O)c1ccccc1. The van der Waals surface area contributed by atoms with E-state index in [-0.39, 0.29) is 0 Å². The zero-order chi connectivity index (χ0) is 9.68. The van der Waals surface area contributed by atoms with Crippen LogP contribution in [-0.2, 0) is 4.79 Å². The minimum Gasteiger partial charge on any atom is -0.292 e. The normalized spacial score (nSPS) is 11.8. The van der Waals surface area contributed by atoms with Gasteiger partial charge in [-0.25, -0.2) is 5.84 Å². The van der Waals surface area contributed by atoms with Crippen molar-refractivity contribution in [3.63, 3.8) is 0 Å². The smallest absolute Gasteiger partial charge is 0.266 e. The van der Waals surface area contributed by atoms with Gasteiger partial charge in [0.25, 0.3) is 5.91 Å². The Morgan fingerprint density at radius 2 is 2.00 bits per heavy atom. The molecular formula is C8H9N3O2. The number of carbonyl (C=O) groups is 1. The third-order valence-corrected chi connectivity index (χ3v) is 1.61. The van der Waals surface area contributed by atoms with Crippen LogP contribution in [0.1, 0.15) is 11.6 Å². The van der Waals surface area contributed by atoms with Gasteiger partial charge in [0.15, 0.2) is 6.04 Å². The van der Waals surface area contributed by atoms with E-state index in [0.29, 0.717) is 5.56 Å². The standard InChI is InChI=1S/C8H9N3O2/c9-10-8(12)7(11-13)6-4-2-1-3-5-6/h1-5,7H,9H2,(H,10,12). The molecule has 0 aliphatic carbocycles. The zero-order valence-electron chi connectivity index (χ0n) is 6.81. The van der Waals surface area contributed by atoms with Crippen LogP contribution in [0.25, 0.3) is 0 Å². The summed E-state index contributed by atoms with van der Waals surface area (Å²) in [5.74, 6) is 4.28. The van der Waals surface area contributed by atoms with Gasteiger partial charge >= 0.3 is 0 Å². The number of nitroso groups, excluding NO2 is 1. The molecule has 5 nitrogen and oxygen atoms in total. The fourth-order valence-electron chi connectivity index (χ4n) is 0.974. The van der Waals surface area contributed by atoms with Crippen molar-refractivity contribution in [2.45, 2.75) is 6.04 Å². The highest BCUT2D eigenvalue weighted by molar-refractivity contribution is 5.82. The number of nitrogens with one attached hydrogen (secondary N) is 1. The molecule has 1 aromatic rings. The highest BCUT2D eigenvalue weighted by Crippen LogP contribution is 2.15. The lowest BCUT2D eigenvalue weighted by atomic mass is 10.1. The number of hydrogen-bond donors (Lipinski definition) is 2. The number of carbonyl (C=O) groups excluding carboxylic acids is 1. The fraction of sp³-hybridized carbons (Fsp3) is 0.125. The maximum atomic E-state index is 11.0. The predicted octanol–water partition coefficient (Wildman–Crippen LogP) is 0.484. The molecule has 13 heavy (non-hydrogen) atoms. The molecule has 5 heteroatoms. The monoisotopic (exact) mass is 179 g/mol. The summed E-state index contributed by atoms with van der Waals surface area (Å²) < 4.78 is 0. The molecule has 0 heterocycles. The average molecular weight is 179 g/mol. The molecule has 0 aromatic heterocycles. The second kappa shape index (κ2) is 4.32. The van der Waals surface area contributed by atoms with E-state index in [1.807, 2.05) is 5.43 Å². The maximum absolute atomic E-state index is 11.0. The molecule has 1 atom stereocenters. The Morgan fingerprint density at radius 1 is 1.38 bits per heavy atom. The maximum Gasteiger partial charge on any atom is 0.266 e. The summed E-state index contributed by atoms with van der Waals surface area (Å²) in [5.41, 5.74) is 2.41. The van der Waals surface area contributed by atoms with Crippen LogP contribution in [0.3, 0.4) is 0 Å². The molecule has 0 aliphatic rings. The summed E-state index contributed by atoms with van der Waals surface area (Å²) in [5, 5.41) is 2.69. The lowest BCUT2D eigenvalue weighted by molar-refractivity contribution is -0.122. The van der Waals surface area contributed by atoms with Gasteiger partial charge in [-0.3, -0.25) is 10.2 Å². The third-order valence-electron chi connectivity index (χ3n) is 1.61. The fourth-order valence-corrected chi connectivity index (χ4v) is 0.974. The molecule has 0 radical (unpaired) electrons. The second-order valence-electron chi connectivity index (χ2n) is 2.43. The molecule has 0 fully saturated rings. The Hall–Kier alpha value is -1.75. The Balaban J connectivity index is 2.91. The Morgan fingerprint density at radius 3 is 2.46 bits per heavy atom. The van der Waals surface area contributed by atoms with Crippen LogP contribution in [0.4, 0.5) is 0 Å². The number of nitrogens with two attached hydrogens (primary N) is 1. The van der Waals surface area contributed by atoms with Gasteiger partial charge in [-0.05, 0) is 5.56 Å². The van der Waals surface area contributed by atoms with Crippen molar-refractivity contribution < 1.29 is 4.79 Å². The summed E-state index contributed by atoms with van der Waals surface area (Å²) in [6, 6.07) is 7.44. The Kier molecular flexibility index (Phi) is 3.10. The first-order valence-corrected chi connectivity index (χ1v) is 3.67.